The Morgan fingerprint density at radius 3 is 2.47 bits per heavy atom. The molecule has 0 aromatic rings. The van der Waals surface area contributed by atoms with Crippen molar-refractivity contribution in [1.29, 1.82) is 0 Å². The lowest BCUT2D eigenvalue weighted by atomic mass is 10.1. The minimum Gasteiger partial charge on any atom is -0.479 e. The summed E-state index contributed by atoms with van der Waals surface area (Å²) in [7, 11) is 0. The van der Waals surface area contributed by atoms with Crippen LogP contribution in [0.5, 0.6) is 0 Å². The number of ether oxygens (including phenoxy) is 1. The summed E-state index contributed by atoms with van der Waals surface area (Å²) in [6.07, 6.45) is 3.10. The van der Waals surface area contributed by atoms with Crippen molar-refractivity contribution < 1.29 is 24.5 Å². The Kier molecular flexibility index (Phi) is 4.76. The van der Waals surface area contributed by atoms with Crippen LogP contribution in [0.2, 0.25) is 0 Å². The van der Waals surface area contributed by atoms with Crippen molar-refractivity contribution in [3.63, 3.8) is 0 Å². The molecule has 0 aromatic carbocycles. The normalized spacial score (nSPS) is 32.1. The Morgan fingerprint density at radius 1 is 1.11 bits per heavy atom. The average molecular weight is 271 g/mol. The third kappa shape index (κ3) is 3.25. The second kappa shape index (κ2) is 6.34. The first-order valence-corrected chi connectivity index (χ1v) is 6.93. The highest BCUT2D eigenvalue weighted by atomic mass is 16.5. The van der Waals surface area contributed by atoms with Gasteiger partial charge in [0.05, 0.1) is 12.6 Å². The first-order valence-electron chi connectivity index (χ1n) is 6.93. The van der Waals surface area contributed by atoms with Crippen molar-refractivity contribution in [3.05, 3.63) is 0 Å². The molecule has 2 fully saturated rings. The summed E-state index contributed by atoms with van der Waals surface area (Å²) >= 11 is 0. The highest BCUT2D eigenvalue weighted by Crippen LogP contribution is 2.25. The number of aliphatic hydroxyl groups excluding tert-OH is 1. The average Bonchev–Trinajstić information content (AvgIpc) is 2.77. The third-order valence-electron chi connectivity index (χ3n) is 3.94. The molecule has 108 valence electrons. The fraction of sp³-hybridized carbons (Fsp3) is 0.846. The molecule has 6 nitrogen and oxygen atoms in total. The molecule has 2 aliphatic rings. The minimum absolute atomic E-state index is 0.0409. The lowest BCUT2D eigenvalue weighted by Crippen LogP contribution is -2.47. The molecule has 0 spiro atoms. The monoisotopic (exact) mass is 271 g/mol. The first-order chi connectivity index (χ1) is 9.13. The van der Waals surface area contributed by atoms with Gasteiger partial charge in [-0.3, -0.25) is 4.79 Å². The van der Waals surface area contributed by atoms with Gasteiger partial charge in [-0.05, 0) is 25.7 Å². The van der Waals surface area contributed by atoms with Crippen LogP contribution in [0.15, 0.2) is 0 Å². The lowest BCUT2D eigenvalue weighted by molar-refractivity contribution is -0.156. The molecule has 0 aliphatic carbocycles. The number of likely N-dealkylation sites (tertiary alicyclic amines) is 1. The number of aliphatic carboxylic acids is 1. The van der Waals surface area contributed by atoms with Crippen molar-refractivity contribution >= 4 is 11.9 Å². The van der Waals surface area contributed by atoms with Crippen LogP contribution < -0.4 is 0 Å². The van der Waals surface area contributed by atoms with Gasteiger partial charge >= 0.3 is 5.97 Å². The van der Waals surface area contributed by atoms with E-state index in [1.807, 2.05) is 0 Å². The van der Waals surface area contributed by atoms with E-state index in [2.05, 4.69) is 0 Å². The number of nitrogens with zero attached hydrogens (tertiary/aromatic N) is 1. The van der Waals surface area contributed by atoms with Crippen LogP contribution in [-0.2, 0) is 14.3 Å². The van der Waals surface area contributed by atoms with Gasteiger partial charge in [0.25, 0.3) is 5.91 Å². The van der Waals surface area contributed by atoms with E-state index in [1.54, 1.807) is 4.90 Å². The quantitative estimate of drug-likeness (QED) is 0.775. The smallest absolute Gasteiger partial charge is 0.332 e. The standard InChI is InChI=1S/C13H21NO5/c15-8-9-4-2-1-3-7-14(9)12(16)10-5-6-11(19-10)13(17)18/h9-11,15H,1-8H2,(H,17,18). The number of aliphatic hydroxyl groups is 1. The van der Waals surface area contributed by atoms with E-state index in [0.29, 0.717) is 19.4 Å². The zero-order chi connectivity index (χ0) is 13.8. The number of hydrogen-bond acceptors (Lipinski definition) is 4. The van der Waals surface area contributed by atoms with Gasteiger partial charge in [0.15, 0.2) is 6.10 Å². The molecule has 3 atom stereocenters. The number of carboxylic acids is 1. The zero-order valence-corrected chi connectivity index (χ0v) is 11.0. The van der Waals surface area contributed by atoms with Crippen LogP contribution in [-0.4, -0.2) is 58.4 Å². The molecular weight excluding hydrogens is 250 g/mol. The van der Waals surface area contributed by atoms with E-state index < -0.39 is 18.2 Å². The van der Waals surface area contributed by atoms with Crippen LogP contribution in [0, 0.1) is 0 Å². The molecule has 0 radical (unpaired) electrons. The van der Waals surface area contributed by atoms with E-state index in [-0.39, 0.29) is 18.6 Å². The van der Waals surface area contributed by atoms with Crippen LogP contribution >= 0.6 is 0 Å². The topological polar surface area (TPSA) is 87.1 Å². The molecule has 19 heavy (non-hydrogen) atoms. The number of amides is 1. The summed E-state index contributed by atoms with van der Waals surface area (Å²) in [4.78, 5) is 24.9. The SMILES string of the molecule is O=C(O)C1CCC(C(=O)N2CCCCCC2CO)O1. The van der Waals surface area contributed by atoms with E-state index in [4.69, 9.17) is 9.84 Å². The molecule has 0 bridgehead atoms. The Morgan fingerprint density at radius 2 is 1.84 bits per heavy atom. The molecular formula is C13H21NO5. The predicted octanol–water partition coefficient (Wildman–Crippen LogP) is 0.382. The largest absolute Gasteiger partial charge is 0.479 e. The molecule has 0 saturated carbocycles. The van der Waals surface area contributed by atoms with Gasteiger partial charge in [-0.25, -0.2) is 4.79 Å². The van der Waals surface area contributed by atoms with Gasteiger partial charge in [-0.1, -0.05) is 12.8 Å². The molecule has 1 amide bonds. The maximum atomic E-state index is 12.4. The van der Waals surface area contributed by atoms with Crippen molar-refractivity contribution in [2.24, 2.45) is 0 Å². The first kappa shape index (κ1) is 14.3. The van der Waals surface area contributed by atoms with Gasteiger partial charge < -0.3 is 19.8 Å². The second-order valence-corrected chi connectivity index (χ2v) is 5.25. The number of carbonyl (C=O) groups is 2. The van der Waals surface area contributed by atoms with Crippen molar-refractivity contribution in [3.8, 4) is 0 Å². The van der Waals surface area contributed by atoms with Gasteiger partial charge in [0.2, 0.25) is 0 Å². The molecule has 2 aliphatic heterocycles. The van der Waals surface area contributed by atoms with E-state index in [9.17, 15) is 14.7 Å². The summed E-state index contributed by atoms with van der Waals surface area (Å²) in [5, 5.41) is 18.3. The number of carbonyl (C=O) groups excluding carboxylic acids is 1. The summed E-state index contributed by atoms with van der Waals surface area (Å²) < 4.78 is 5.30. The summed E-state index contributed by atoms with van der Waals surface area (Å²) in [6.45, 7) is 0.586. The third-order valence-corrected chi connectivity index (χ3v) is 3.94. The summed E-state index contributed by atoms with van der Waals surface area (Å²) in [5.74, 6) is -1.17. The van der Waals surface area contributed by atoms with Crippen molar-refractivity contribution in [2.75, 3.05) is 13.2 Å². The van der Waals surface area contributed by atoms with Crippen LogP contribution in [0.4, 0.5) is 0 Å². The van der Waals surface area contributed by atoms with Crippen LogP contribution in [0.3, 0.4) is 0 Å². The van der Waals surface area contributed by atoms with Gasteiger partial charge in [-0.2, -0.15) is 0 Å². The Labute approximate surface area is 112 Å². The van der Waals surface area contributed by atoms with E-state index >= 15 is 0 Å². The highest BCUT2D eigenvalue weighted by molar-refractivity contribution is 5.83. The predicted molar refractivity (Wildman–Crippen MR) is 66.6 cm³/mol. The Hall–Kier alpha value is -1.14. The Bertz CT molecular complexity index is 346. The molecule has 2 N–H and O–H groups in total. The van der Waals surface area contributed by atoms with E-state index in [0.717, 1.165) is 25.7 Å². The maximum absolute atomic E-state index is 12.4. The molecule has 2 rings (SSSR count). The summed E-state index contributed by atoms with van der Waals surface area (Å²) in [5.41, 5.74) is 0. The van der Waals surface area contributed by atoms with Crippen molar-refractivity contribution in [1.82, 2.24) is 4.90 Å². The van der Waals surface area contributed by atoms with Gasteiger partial charge in [-0.15, -0.1) is 0 Å². The molecule has 0 aromatic heterocycles. The number of carboxylic acid groups (broad SMARTS) is 1. The Balaban J connectivity index is 1.99. The van der Waals surface area contributed by atoms with Gasteiger partial charge in [0, 0.05) is 6.54 Å². The molecule has 2 heterocycles. The lowest BCUT2D eigenvalue weighted by Gasteiger charge is -2.30. The zero-order valence-electron chi connectivity index (χ0n) is 11.0. The second-order valence-electron chi connectivity index (χ2n) is 5.25. The molecule has 6 heteroatoms. The van der Waals surface area contributed by atoms with E-state index in [1.165, 1.54) is 0 Å². The molecule has 3 unspecified atom stereocenters. The van der Waals surface area contributed by atoms with Crippen molar-refractivity contribution in [2.45, 2.75) is 56.8 Å². The number of rotatable bonds is 3. The fourth-order valence-electron chi connectivity index (χ4n) is 2.84. The minimum atomic E-state index is -1.01. The summed E-state index contributed by atoms with van der Waals surface area (Å²) in [6, 6.07) is -0.150. The fourth-order valence-corrected chi connectivity index (χ4v) is 2.84. The van der Waals surface area contributed by atoms with Gasteiger partial charge in [0.1, 0.15) is 6.10 Å². The van der Waals surface area contributed by atoms with Crippen LogP contribution in [0.25, 0.3) is 0 Å². The van der Waals surface area contributed by atoms with Crippen LogP contribution in [0.1, 0.15) is 38.5 Å². The highest BCUT2D eigenvalue weighted by Gasteiger charge is 2.38. The number of hydrogen-bond donors (Lipinski definition) is 2. The molecule has 2 saturated heterocycles. The maximum Gasteiger partial charge on any atom is 0.332 e.